The summed E-state index contributed by atoms with van der Waals surface area (Å²) in [5, 5.41) is 3.10. The summed E-state index contributed by atoms with van der Waals surface area (Å²) in [7, 11) is 1.68. The number of carbonyl (C=O) groups excluding carboxylic acids is 1. The number of nitrogens with zero attached hydrogens (tertiary/aromatic N) is 1. The molecule has 0 spiro atoms. The van der Waals surface area contributed by atoms with Gasteiger partial charge in [-0.2, -0.15) is 0 Å². The number of H-pyrrole nitrogens is 1. The van der Waals surface area contributed by atoms with Crippen LogP contribution in [0, 0.1) is 0 Å². The minimum Gasteiger partial charge on any atom is -0.496 e. The van der Waals surface area contributed by atoms with E-state index < -0.39 is 0 Å². The Bertz CT molecular complexity index is 871. The van der Waals surface area contributed by atoms with E-state index >= 15 is 0 Å². The van der Waals surface area contributed by atoms with Crippen molar-refractivity contribution in [2.24, 2.45) is 0 Å². The van der Waals surface area contributed by atoms with Gasteiger partial charge in [0.15, 0.2) is 0 Å². The van der Waals surface area contributed by atoms with Crippen LogP contribution >= 0.6 is 0 Å². The molecule has 2 aromatic carbocycles. The Hall–Kier alpha value is -2.82. The first-order chi connectivity index (χ1) is 11.3. The average Bonchev–Trinajstić information content (AvgIpc) is 3.18. The van der Waals surface area contributed by atoms with Crippen LogP contribution in [0.1, 0.15) is 28.3 Å². The average molecular weight is 307 g/mol. The molecule has 2 N–H and O–H groups in total. The highest BCUT2D eigenvalue weighted by Crippen LogP contribution is 2.44. The van der Waals surface area contributed by atoms with Crippen molar-refractivity contribution < 1.29 is 9.53 Å². The number of rotatable bonds is 4. The number of aromatic amines is 1. The Morgan fingerprint density at radius 2 is 2.17 bits per heavy atom. The van der Waals surface area contributed by atoms with Gasteiger partial charge in [-0.25, -0.2) is 4.98 Å². The van der Waals surface area contributed by atoms with Crippen molar-refractivity contribution in [1.29, 1.82) is 0 Å². The van der Waals surface area contributed by atoms with E-state index in [4.69, 9.17) is 4.74 Å². The zero-order valence-corrected chi connectivity index (χ0v) is 12.7. The first kappa shape index (κ1) is 13.8. The summed E-state index contributed by atoms with van der Waals surface area (Å²) in [6.07, 6.45) is 2.57. The molecule has 1 saturated carbocycles. The third kappa shape index (κ3) is 2.54. The Labute approximate surface area is 133 Å². The molecule has 1 fully saturated rings. The van der Waals surface area contributed by atoms with Crippen LogP contribution in [0.4, 0.5) is 0 Å². The molecule has 1 aliphatic carbocycles. The lowest BCUT2D eigenvalue weighted by Gasteiger charge is -2.08. The van der Waals surface area contributed by atoms with E-state index in [2.05, 4.69) is 21.4 Å². The molecule has 0 bridgehead atoms. The third-order valence-corrected chi connectivity index (χ3v) is 4.33. The van der Waals surface area contributed by atoms with Gasteiger partial charge in [-0.1, -0.05) is 18.2 Å². The highest BCUT2D eigenvalue weighted by molar-refractivity contribution is 5.97. The number of ether oxygens (including phenoxy) is 1. The fourth-order valence-corrected chi connectivity index (χ4v) is 3.00. The SMILES string of the molecule is COc1ccccc1[C@@H]1C[C@@H]1NC(=O)c1ccc2nc[nH]c2c1. The number of methoxy groups -OCH3 is 1. The number of aromatic nitrogens is 2. The molecule has 1 aliphatic rings. The lowest BCUT2D eigenvalue weighted by atomic mass is 10.1. The second-order valence-electron chi connectivity index (χ2n) is 5.80. The van der Waals surface area contributed by atoms with Crippen LogP contribution in [0.2, 0.25) is 0 Å². The molecule has 1 aromatic heterocycles. The summed E-state index contributed by atoms with van der Waals surface area (Å²) in [6, 6.07) is 13.6. The number of imidazole rings is 1. The van der Waals surface area contributed by atoms with Gasteiger partial charge in [0, 0.05) is 17.5 Å². The number of hydrogen-bond donors (Lipinski definition) is 2. The Kier molecular flexibility index (Phi) is 3.26. The first-order valence-electron chi connectivity index (χ1n) is 7.63. The van der Waals surface area contributed by atoms with Crippen LogP contribution in [0.3, 0.4) is 0 Å². The van der Waals surface area contributed by atoms with E-state index in [1.54, 1.807) is 19.5 Å². The fraction of sp³-hybridized carbons (Fsp3) is 0.222. The normalized spacial score (nSPS) is 19.5. The van der Waals surface area contributed by atoms with E-state index in [1.807, 2.05) is 30.3 Å². The quantitative estimate of drug-likeness (QED) is 0.779. The second-order valence-corrected chi connectivity index (χ2v) is 5.80. The van der Waals surface area contributed by atoms with Crippen molar-refractivity contribution in [2.45, 2.75) is 18.4 Å². The number of carbonyl (C=O) groups is 1. The van der Waals surface area contributed by atoms with Crippen molar-refractivity contribution in [3.05, 3.63) is 59.9 Å². The molecule has 2 atom stereocenters. The minimum atomic E-state index is -0.0519. The van der Waals surface area contributed by atoms with Gasteiger partial charge in [-0.15, -0.1) is 0 Å². The largest absolute Gasteiger partial charge is 0.496 e. The smallest absolute Gasteiger partial charge is 0.251 e. The van der Waals surface area contributed by atoms with Crippen LogP contribution in [0.25, 0.3) is 11.0 Å². The highest BCUT2D eigenvalue weighted by Gasteiger charge is 2.41. The van der Waals surface area contributed by atoms with Crippen LogP contribution < -0.4 is 10.1 Å². The lowest BCUT2D eigenvalue weighted by molar-refractivity contribution is 0.0950. The summed E-state index contributed by atoms with van der Waals surface area (Å²) < 4.78 is 5.40. The topological polar surface area (TPSA) is 67.0 Å². The van der Waals surface area contributed by atoms with Crippen molar-refractivity contribution in [3.63, 3.8) is 0 Å². The molecule has 4 rings (SSSR count). The van der Waals surface area contributed by atoms with E-state index in [0.29, 0.717) is 11.5 Å². The van der Waals surface area contributed by atoms with E-state index in [1.165, 1.54) is 0 Å². The Balaban J connectivity index is 1.48. The predicted molar refractivity (Wildman–Crippen MR) is 87.7 cm³/mol. The summed E-state index contributed by atoms with van der Waals surface area (Å²) in [6.45, 7) is 0. The van der Waals surface area contributed by atoms with Crippen molar-refractivity contribution in [1.82, 2.24) is 15.3 Å². The maximum atomic E-state index is 12.4. The first-order valence-corrected chi connectivity index (χ1v) is 7.63. The second kappa shape index (κ2) is 5.43. The standard InChI is InChI=1S/C18H17N3O2/c1-23-17-5-3-2-4-12(17)13-9-15(13)21-18(22)11-6-7-14-16(8-11)20-10-19-14/h2-8,10,13,15H,9H2,1H3,(H,19,20)(H,21,22)/t13-,15-/m0/s1. The lowest BCUT2D eigenvalue weighted by Crippen LogP contribution is -2.26. The zero-order chi connectivity index (χ0) is 15.8. The summed E-state index contributed by atoms with van der Waals surface area (Å²) in [5.41, 5.74) is 3.53. The van der Waals surface area contributed by atoms with Crippen molar-refractivity contribution in [3.8, 4) is 5.75 Å². The molecule has 0 radical (unpaired) electrons. The minimum absolute atomic E-state index is 0.0519. The molecule has 0 unspecified atom stereocenters. The van der Waals surface area contributed by atoms with Gasteiger partial charge < -0.3 is 15.0 Å². The van der Waals surface area contributed by atoms with Gasteiger partial charge in [0.25, 0.3) is 5.91 Å². The van der Waals surface area contributed by atoms with Gasteiger partial charge in [0.05, 0.1) is 24.5 Å². The van der Waals surface area contributed by atoms with Crippen molar-refractivity contribution in [2.75, 3.05) is 7.11 Å². The number of fused-ring (bicyclic) bond motifs is 1. The Morgan fingerprint density at radius 1 is 1.30 bits per heavy atom. The predicted octanol–water partition coefficient (Wildman–Crippen LogP) is 2.86. The van der Waals surface area contributed by atoms with E-state index in [0.717, 1.165) is 28.8 Å². The number of para-hydroxylation sites is 1. The van der Waals surface area contributed by atoms with Gasteiger partial charge in [-0.05, 0) is 36.2 Å². The Morgan fingerprint density at radius 3 is 3.04 bits per heavy atom. The van der Waals surface area contributed by atoms with Crippen molar-refractivity contribution >= 4 is 16.9 Å². The molecule has 3 aromatic rings. The summed E-state index contributed by atoms with van der Waals surface area (Å²) in [4.78, 5) is 19.6. The maximum Gasteiger partial charge on any atom is 0.251 e. The third-order valence-electron chi connectivity index (χ3n) is 4.33. The molecule has 5 nitrogen and oxygen atoms in total. The molecule has 0 aliphatic heterocycles. The molecule has 23 heavy (non-hydrogen) atoms. The van der Waals surface area contributed by atoms with Gasteiger partial charge in [0.1, 0.15) is 5.75 Å². The van der Waals surface area contributed by atoms with Crippen LogP contribution in [0.5, 0.6) is 5.75 Å². The number of amides is 1. The molecule has 0 saturated heterocycles. The number of hydrogen-bond acceptors (Lipinski definition) is 3. The van der Waals surface area contributed by atoms with Gasteiger partial charge >= 0.3 is 0 Å². The molecule has 1 amide bonds. The van der Waals surface area contributed by atoms with Gasteiger partial charge in [-0.3, -0.25) is 4.79 Å². The maximum absolute atomic E-state index is 12.4. The molecule has 116 valence electrons. The molecule has 5 heteroatoms. The highest BCUT2D eigenvalue weighted by atomic mass is 16.5. The molecule has 1 heterocycles. The van der Waals surface area contributed by atoms with Crippen LogP contribution in [-0.2, 0) is 0 Å². The van der Waals surface area contributed by atoms with E-state index in [9.17, 15) is 4.79 Å². The summed E-state index contributed by atoms with van der Waals surface area (Å²) >= 11 is 0. The fourth-order valence-electron chi connectivity index (χ4n) is 3.00. The van der Waals surface area contributed by atoms with Gasteiger partial charge in [0.2, 0.25) is 0 Å². The molecular formula is C18H17N3O2. The monoisotopic (exact) mass is 307 g/mol. The number of benzene rings is 2. The van der Waals surface area contributed by atoms with Crippen LogP contribution in [0.15, 0.2) is 48.8 Å². The zero-order valence-electron chi connectivity index (χ0n) is 12.7. The number of nitrogens with one attached hydrogen (secondary N) is 2. The molecular weight excluding hydrogens is 290 g/mol. The van der Waals surface area contributed by atoms with Crippen LogP contribution in [-0.4, -0.2) is 29.0 Å². The summed E-state index contributed by atoms with van der Waals surface area (Å²) in [5.74, 6) is 1.16. The van der Waals surface area contributed by atoms with E-state index in [-0.39, 0.29) is 11.9 Å².